The molecule has 1 unspecified atom stereocenters. The quantitative estimate of drug-likeness (QED) is 0.786. The number of benzene rings is 1. The van der Waals surface area contributed by atoms with E-state index >= 15 is 0 Å². The summed E-state index contributed by atoms with van der Waals surface area (Å²) in [7, 11) is 0. The molecule has 0 heterocycles. The van der Waals surface area contributed by atoms with E-state index in [-0.39, 0.29) is 5.92 Å². The van der Waals surface area contributed by atoms with Crippen LogP contribution in [0.25, 0.3) is 5.57 Å². The number of hydrogen-bond acceptors (Lipinski definition) is 2. The Morgan fingerprint density at radius 1 is 1.24 bits per heavy atom. The Labute approximate surface area is 102 Å². The Bertz CT molecular complexity index is 514. The van der Waals surface area contributed by atoms with E-state index in [1.54, 1.807) is 0 Å². The molecule has 0 saturated heterocycles. The number of nitriles is 2. The second-order valence-electron chi connectivity index (χ2n) is 4.23. The molecule has 84 valence electrons. The third kappa shape index (κ3) is 2.37. The van der Waals surface area contributed by atoms with Gasteiger partial charge >= 0.3 is 0 Å². The minimum absolute atomic E-state index is 0.143. The van der Waals surface area contributed by atoms with Gasteiger partial charge in [0.05, 0.1) is 18.1 Å². The minimum Gasteiger partial charge on any atom is -0.198 e. The van der Waals surface area contributed by atoms with Crippen LogP contribution in [0.1, 0.15) is 30.4 Å². The van der Waals surface area contributed by atoms with Gasteiger partial charge in [0.1, 0.15) is 0 Å². The predicted octanol–water partition coefficient (Wildman–Crippen LogP) is 3.46. The molecule has 0 aromatic heterocycles. The van der Waals surface area contributed by atoms with Gasteiger partial charge in [-0.1, -0.05) is 30.3 Å². The lowest BCUT2D eigenvalue weighted by atomic mass is 9.82. The Morgan fingerprint density at radius 3 is 2.82 bits per heavy atom. The van der Waals surface area contributed by atoms with Gasteiger partial charge in [0.25, 0.3) is 0 Å². The third-order valence-electron chi connectivity index (χ3n) is 3.18. The molecule has 0 saturated carbocycles. The maximum absolute atomic E-state index is 9.23. The van der Waals surface area contributed by atoms with Crippen molar-refractivity contribution < 1.29 is 0 Å². The monoisotopic (exact) mass is 222 g/mol. The van der Waals surface area contributed by atoms with Gasteiger partial charge in [0, 0.05) is 6.42 Å². The summed E-state index contributed by atoms with van der Waals surface area (Å²) in [6.07, 6.45) is 5.28. The zero-order chi connectivity index (χ0) is 12.1. The summed E-state index contributed by atoms with van der Waals surface area (Å²) in [6.45, 7) is 0. The molecular weight excluding hydrogens is 208 g/mol. The van der Waals surface area contributed by atoms with Crippen molar-refractivity contribution in [1.29, 1.82) is 10.5 Å². The number of nitrogens with zero attached hydrogens (tertiary/aromatic N) is 2. The molecule has 0 fully saturated rings. The van der Waals surface area contributed by atoms with E-state index in [1.807, 2.05) is 12.1 Å². The summed E-state index contributed by atoms with van der Waals surface area (Å²) in [5, 5.41) is 17.9. The molecule has 2 rings (SSSR count). The highest BCUT2D eigenvalue weighted by molar-refractivity contribution is 5.73. The Kier molecular flexibility index (Phi) is 3.58. The van der Waals surface area contributed by atoms with Crippen LogP contribution < -0.4 is 0 Å². The van der Waals surface area contributed by atoms with Crippen LogP contribution >= 0.6 is 0 Å². The zero-order valence-corrected chi connectivity index (χ0v) is 9.69. The van der Waals surface area contributed by atoms with Gasteiger partial charge in [0.15, 0.2) is 0 Å². The van der Waals surface area contributed by atoms with Crippen LogP contribution in [0, 0.1) is 28.6 Å². The van der Waals surface area contributed by atoms with Crippen molar-refractivity contribution in [2.24, 2.45) is 5.92 Å². The smallest absolute Gasteiger partial charge is 0.0725 e. The zero-order valence-electron chi connectivity index (χ0n) is 9.69. The molecule has 0 spiro atoms. The molecule has 1 aromatic rings. The summed E-state index contributed by atoms with van der Waals surface area (Å²) in [5.41, 5.74) is 3.63. The van der Waals surface area contributed by atoms with Gasteiger partial charge in [-0.25, -0.2) is 0 Å². The number of rotatable bonds is 3. The molecule has 1 atom stereocenters. The molecule has 0 aliphatic heterocycles. The van der Waals surface area contributed by atoms with Crippen molar-refractivity contribution in [3.05, 3.63) is 41.5 Å². The highest BCUT2D eigenvalue weighted by Crippen LogP contribution is 2.33. The second kappa shape index (κ2) is 5.32. The molecule has 1 aliphatic carbocycles. The lowest BCUT2D eigenvalue weighted by Crippen LogP contribution is -2.07. The van der Waals surface area contributed by atoms with E-state index in [1.165, 1.54) is 11.1 Å². The number of aryl methyl sites for hydroxylation is 1. The number of fused-ring (bicyclic) bond motifs is 1. The van der Waals surface area contributed by atoms with E-state index in [0.717, 1.165) is 18.4 Å². The van der Waals surface area contributed by atoms with Gasteiger partial charge < -0.3 is 0 Å². The Balaban J connectivity index is 2.30. The fraction of sp³-hybridized carbons (Fsp3) is 0.333. The lowest BCUT2D eigenvalue weighted by molar-refractivity contribution is 0.746. The van der Waals surface area contributed by atoms with Crippen molar-refractivity contribution in [2.75, 3.05) is 0 Å². The second-order valence-corrected chi connectivity index (χ2v) is 4.23. The van der Waals surface area contributed by atoms with Crippen LogP contribution in [-0.2, 0) is 6.42 Å². The molecule has 1 aromatic carbocycles. The maximum atomic E-state index is 9.23. The number of hydrogen-bond donors (Lipinski definition) is 0. The first-order valence-corrected chi connectivity index (χ1v) is 5.91. The van der Waals surface area contributed by atoms with Crippen LogP contribution in [-0.4, -0.2) is 0 Å². The third-order valence-corrected chi connectivity index (χ3v) is 3.18. The van der Waals surface area contributed by atoms with Crippen molar-refractivity contribution in [2.45, 2.75) is 25.7 Å². The van der Waals surface area contributed by atoms with E-state index in [2.05, 4.69) is 30.3 Å². The first-order valence-electron chi connectivity index (χ1n) is 5.91. The molecule has 1 aliphatic rings. The van der Waals surface area contributed by atoms with Crippen LogP contribution in [0.2, 0.25) is 0 Å². The highest BCUT2D eigenvalue weighted by Gasteiger charge is 2.19. The average Bonchev–Trinajstić information content (AvgIpc) is 2.40. The largest absolute Gasteiger partial charge is 0.198 e. The first kappa shape index (κ1) is 11.4. The maximum Gasteiger partial charge on any atom is 0.0725 e. The lowest BCUT2D eigenvalue weighted by Gasteiger charge is -2.20. The minimum atomic E-state index is -0.143. The molecule has 0 amide bonds. The topological polar surface area (TPSA) is 47.6 Å². The van der Waals surface area contributed by atoms with E-state index in [4.69, 9.17) is 5.26 Å². The van der Waals surface area contributed by atoms with E-state index < -0.39 is 0 Å². The molecule has 2 heteroatoms. The molecular formula is C15H14N2. The predicted molar refractivity (Wildman–Crippen MR) is 66.7 cm³/mol. The van der Waals surface area contributed by atoms with Gasteiger partial charge in [-0.2, -0.15) is 10.5 Å². The van der Waals surface area contributed by atoms with E-state index in [0.29, 0.717) is 12.8 Å². The molecule has 0 N–H and O–H groups in total. The van der Waals surface area contributed by atoms with Gasteiger partial charge in [-0.3, -0.25) is 0 Å². The van der Waals surface area contributed by atoms with Gasteiger partial charge in [-0.15, -0.1) is 0 Å². The highest BCUT2D eigenvalue weighted by atomic mass is 14.3. The van der Waals surface area contributed by atoms with E-state index in [9.17, 15) is 5.26 Å². The molecule has 0 radical (unpaired) electrons. The average molecular weight is 222 g/mol. The van der Waals surface area contributed by atoms with Gasteiger partial charge in [-0.05, 0) is 36.0 Å². The normalized spacial score (nSPS) is 15.1. The Morgan fingerprint density at radius 2 is 2.06 bits per heavy atom. The first-order chi connectivity index (χ1) is 8.36. The summed E-state index contributed by atoms with van der Waals surface area (Å²) in [5.74, 6) is -0.143. The van der Waals surface area contributed by atoms with Crippen LogP contribution in [0.15, 0.2) is 30.3 Å². The Hall–Kier alpha value is -2.06. The SMILES string of the molecule is N#CCCC(C#N)C1=CCCc2ccccc21. The fourth-order valence-electron chi connectivity index (χ4n) is 2.34. The summed E-state index contributed by atoms with van der Waals surface area (Å²) < 4.78 is 0. The van der Waals surface area contributed by atoms with Gasteiger partial charge in [0.2, 0.25) is 0 Å². The molecule has 0 bridgehead atoms. The van der Waals surface area contributed by atoms with Crippen LogP contribution in [0.3, 0.4) is 0 Å². The molecule has 2 nitrogen and oxygen atoms in total. The molecule has 17 heavy (non-hydrogen) atoms. The fourth-order valence-corrected chi connectivity index (χ4v) is 2.34. The number of allylic oxidation sites excluding steroid dienone is 2. The van der Waals surface area contributed by atoms with Crippen molar-refractivity contribution in [3.8, 4) is 12.1 Å². The van der Waals surface area contributed by atoms with Crippen molar-refractivity contribution >= 4 is 5.57 Å². The standard InChI is InChI=1S/C15H14N2/c16-10-4-7-13(11-17)15-9-3-6-12-5-1-2-8-14(12)15/h1-2,5,8-9,13H,3-4,6-7H2. The van der Waals surface area contributed by atoms with Crippen LogP contribution in [0.4, 0.5) is 0 Å². The van der Waals surface area contributed by atoms with Crippen molar-refractivity contribution in [1.82, 2.24) is 0 Å². The summed E-state index contributed by atoms with van der Waals surface area (Å²) >= 11 is 0. The van der Waals surface area contributed by atoms with Crippen molar-refractivity contribution in [3.63, 3.8) is 0 Å². The summed E-state index contributed by atoms with van der Waals surface area (Å²) in [6, 6.07) is 12.7. The van der Waals surface area contributed by atoms with Crippen LogP contribution in [0.5, 0.6) is 0 Å². The summed E-state index contributed by atoms with van der Waals surface area (Å²) in [4.78, 5) is 0.